The first-order valence-corrected chi connectivity index (χ1v) is 14.4. The minimum Gasteiger partial charge on any atom is -0.491 e. The van der Waals surface area contributed by atoms with Gasteiger partial charge in [-0.05, 0) is 42.8 Å². The van der Waals surface area contributed by atoms with Gasteiger partial charge in [0.05, 0.1) is 41.7 Å². The SMILES string of the molecule is [2H]C([2H])([2H])N(/C=C/C(=O)Nc1cc2c(Nc3ccc(OCc4cc(F)ccn4)c(Cl)c3)ncnc2cc1OCCCN1CCOCC1)C([2H])([2H])[2H]. The Bertz CT molecular complexity index is 1850. The van der Waals surface area contributed by atoms with E-state index in [1.165, 1.54) is 24.7 Å². The number of ether oxygens (including phenoxy) is 3. The van der Waals surface area contributed by atoms with Crippen molar-refractivity contribution in [2.45, 2.75) is 13.0 Å². The molecule has 11 nitrogen and oxygen atoms in total. The van der Waals surface area contributed by atoms with E-state index in [9.17, 15) is 9.18 Å². The van der Waals surface area contributed by atoms with Gasteiger partial charge in [-0.25, -0.2) is 14.4 Å². The zero-order chi connectivity index (χ0) is 36.6. The van der Waals surface area contributed by atoms with Gasteiger partial charge in [-0.2, -0.15) is 0 Å². The summed E-state index contributed by atoms with van der Waals surface area (Å²) in [7, 11) is 0. The number of amides is 1. The summed E-state index contributed by atoms with van der Waals surface area (Å²) in [5.41, 5.74) is 1.63. The smallest absolute Gasteiger partial charge is 0.249 e. The number of fused-ring (bicyclic) bond motifs is 1. The van der Waals surface area contributed by atoms with Gasteiger partial charge in [-0.1, -0.05) is 11.6 Å². The molecule has 5 rings (SSSR count). The van der Waals surface area contributed by atoms with E-state index in [4.69, 9.17) is 34.0 Å². The molecule has 1 aliphatic heterocycles. The molecule has 0 unspecified atom stereocenters. The highest BCUT2D eigenvalue weighted by Gasteiger charge is 2.15. The predicted molar refractivity (Wildman–Crippen MR) is 172 cm³/mol. The number of carbonyl (C=O) groups excluding carboxylic acids is 1. The van der Waals surface area contributed by atoms with Crippen LogP contribution in [0.15, 0.2) is 67.3 Å². The number of benzene rings is 2. The van der Waals surface area contributed by atoms with Crippen LogP contribution in [0, 0.1) is 5.82 Å². The third-order valence-electron chi connectivity index (χ3n) is 6.70. The lowest BCUT2D eigenvalue weighted by atomic mass is 10.1. The van der Waals surface area contributed by atoms with Gasteiger partial charge in [0.15, 0.2) is 0 Å². The van der Waals surface area contributed by atoms with Crippen LogP contribution in [-0.4, -0.2) is 84.1 Å². The summed E-state index contributed by atoms with van der Waals surface area (Å²) in [4.78, 5) is 28.3. The summed E-state index contributed by atoms with van der Waals surface area (Å²) in [5, 5.41) is 6.61. The van der Waals surface area contributed by atoms with Crippen LogP contribution in [0.25, 0.3) is 10.9 Å². The summed E-state index contributed by atoms with van der Waals surface area (Å²) in [6.45, 7) is -1.92. The molecule has 1 fully saturated rings. The summed E-state index contributed by atoms with van der Waals surface area (Å²) in [6, 6.07) is 10.7. The number of anilines is 3. The van der Waals surface area contributed by atoms with Crippen LogP contribution >= 0.6 is 11.6 Å². The molecule has 0 aliphatic carbocycles. The summed E-state index contributed by atoms with van der Waals surface area (Å²) in [5.74, 6) is -0.231. The largest absolute Gasteiger partial charge is 0.491 e. The molecule has 236 valence electrons. The quantitative estimate of drug-likeness (QED) is 0.148. The van der Waals surface area contributed by atoms with Crippen LogP contribution in [0.3, 0.4) is 0 Å². The first-order valence-electron chi connectivity index (χ1n) is 17.1. The first kappa shape index (κ1) is 24.8. The summed E-state index contributed by atoms with van der Waals surface area (Å²) < 4.78 is 76.0. The number of pyridine rings is 1. The molecule has 3 heterocycles. The molecule has 1 amide bonds. The second-order valence-electron chi connectivity index (χ2n) is 9.94. The normalized spacial score (nSPS) is 16.1. The Labute approximate surface area is 274 Å². The molecule has 13 heteroatoms. The zero-order valence-electron chi connectivity index (χ0n) is 30.1. The van der Waals surface area contributed by atoms with Crippen LogP contribution in [-0.2, 0) is 16.1 Å². The van der Waals surface area contributed by atoms with Gasteiger partial charge in [-0.3, -0.25) is 14.7 Å². The summed E-state index contributed by atoms with van der Waals surface area (Å²) in [6.07, 6.45) is 4.92. The molecule has 4 aromatic rings. The maximum absolute atomic E-state index is 13.5. The zero-order valence-corrected chi connectivity index (χ0v) is 24.9. The molecule has 1 aliphatic rings. The van der Waals surface area contributed by atoms with Crippen molar-refractivity contribution in [3.8, 4) is 11.5 Å². The Kier molecular flexibility index (Phi) is 8.51. The van der Waals surface area contributed by atoms with Gasteiger partial charge in [0.2, 0.25) is 5.91 Å². The van der Waals surface area contributed by atoms with E-state index in [0.717, 1.165) is 25.7 Å². The van der Waals surface area contributed by atoms with E-state index in [1.54, 1.807) is 30.3 Å². The number of hydrogen-bond donors (Lipinski definition) is 2. The minimum absolute atomic E-state index is 0.00650. The predicted octanol–water partition coefficient (Wildman–Crippen LogP) is 5.25. The van der Waals surface area contributed by atoms with E-state index in [2.05, 4.69) is 30.5 Å². The molecule has 0 radical (unpaired) electrons. The molecular weight excluding hydrogens is 601 g/mol. The van der Waals surface area contributed by atoms with Gasteiger partial charge in [0, 0.05) is 77.4 Å². The maximum Gasteiger partial charge on any atom is 0.249 e. The van der Waals surface area contributed by atoms with Gasteiger partial charge in [-0.15, -0.1) is 0 Å². The maximum atomic E-state index is 13.5. The van der Waals surface area contributed by atoms with Gasteiger partial charge >= 0.3 is 0 Å². The van der Waals surface area contributed by atoms with E-state index in [1.807, 2.05) is 0 Å². The fourth-order valence-electron chi connectivity index (χ4n) is 4.52. The van der Waals surface area contributed by atoms with E-state index in [-0.39, 0.29) is 28.0 Å². The lowest BCUT2D eigenvalue weighted by Gasteiger charge is -2.26. The van der Waals surface area contributed by atoms with Gasteiger partial charge in [0.25, 0.3) is 0 Å². The summed E-state index contributed by atoms with van der Waals surface area (Å²) >= 11 is 6.49. The molecular formula is C32H35ClFN7O4. The lowest BCUT2D eigenvalue weighted by molar-refractivity contribution is -0.112. The monoisotopic (exact) mass is 641 g/mol. The van der Waals surface area contributed by atoms with E-state index < -0.39 is 25.7 Å². The Hall–Kier alpha value is -4.52. The molecule has 0 atom stereocenters. The number of nitrogens with zero attached hydrogens (tertiary/aromatic N) is 5. The van der Waals surface area contributed by atoms with Crippen LogP contribution in [0.1, 0.15) is 20.3 Å². The van der Waals surface area contributed by atoms with Crippen LogP contribution < -0.4 is 20.1 Å². The molecule has 2 N–H and O–H groups in total. The van der Waals surface area contributed by atoms with Crippen molar-refractivity contribution in [1.29, 1.82) is 0 Å². The molecule has 45 heavy (non-hydrogen) atoms. The van der Waals surface area contributed by atoms with Crippen molar-refractivity contribution in [2.75, 3.05) is 64.0 Å². The van der Waals surface area contributed by atoms with Crippen molar-refractivity contribution in [3.05, 3.63) is 83.8 Å². The Morgan fingerprint density at radius 1 is 1.13 bits per heavy atom. The van der Waals surface area contributed by atoms with Crippen molar-refractivity contribution in [1.82, 2.24) is 24.8 Å². The topological polar surface area (TPSA) is 114 Å². The Morgan fingerprint density at radius 2 is 2.00 bits per heavy atom. The Balaban J connectivity index is 1.37. The van der Waals surface area contributed by atoms with Crippen molar-refractivity contribution in [3.63, 3.8) is 0 Å². The Morgan fingerprint density at radius 3 is 2.80 bits per heavy atom. The lowest BCUT2D eigenvalue weighted by Crippen LogP contribution is -2.37. The van der Waals surface area contributed by atoms with Crippen molar-refractivity contribution >= 4 is 45.6 Å². The van der Waals surface area contributed by atoms with E-state index in [0.29, 0.717) is 66.3 Å². The van der Waals surface area contributed by atoms with Crippen LogP contribution in [0.5, 0.6) is 11.5 Å². The second kappa shape index (κ2) is 15.5. The van der Waals surface area contributed by atoms with Gasteiger partial charge in [0.1, 0.15) is 36.1 Å². The fourth-order valence-corrected chi connectivity index (χ4v) is 4.76. The number of carbonyl (C=O) groups is 1. The van der Waals surface area contributed by atoms with Gasteiger partial charge < -0.3 is 29.7 Å². The number of hydrogen-bond acceptors (Lipinski definition) is 10. The highest BCUT2D eigenvalue weighted by Crippen LogP contribution is 2.35. The average molecular weight is 642 g/mol. The number of halogens is 2. The first-order chi connectivity index (χ1) is 24.3. The molecule has 0 spiro atoms. The van der Waals surface area contributed by atoms with Crippen LogP contribution in [0.2, 0.25) is 5.02 Å². The van der Waals surface area contributed by atoms with Crippen LogP contribution in [0.4, 0.5) is 21.6 Å². The minimum atomic E-state index is -3.01. The highest BCUT2D eigenvalue weighted by atomic mass is 35.5. The molecule has 0 saturated carbocycles. The number of morpholine rings is 1. The van der Waals surface area contributed by atoms with E-state index >= 15 is 0 Å². The van der Waals surface area contributed by atoms with Crippen molar-refractivity contribution in [2.24, 2.45) is 0 Å². The molecule has 0 bridgehead atoms. The second-order valence-corrected chi connectivity index (χ2v) is 10.4. The van der Waals surface area contributed by atoms with Crippen molar-refractivity contribution < 1.29 is 31.6 Å². The molecule has 2 aromatic carbocycles. The third-order valence-corrected chi connectivity index (χ3v) is 6.99. The number of rotatable bonds is 13. The number of aromatic nitrogens is 3. The standard InChI is InChI=1S/C32H35ClFN7O4/c1-40(2)10-7-31(42)39-28-18-25-27(19-30(28)44-13-3-9-41-11-14-43-15-12-41)36-21-37-32(25)38-23-4-5-29(26(33)17-23)45-20-24-16-22(34)6-8-35-24/h4-8,10,16-19,21H,3,9,11-15,20H2,1-2H3,(H,39,42)(H,36,37,38)/b10-7+/i1D3,2D3. The third kappa shape index (κ3) is 9.24. The number of nitrogens with one attached hydrogen (secondary N) is 2. The molecule has 1 saturated heterocycles. The fraction of sp³-hybridized carbons (Fsp3) is 0.312. The molecule has 2 aromatic heterocycles. The highest BCUT2D eigenvalue weighted by molar-refractivity contribution is 6.32. The average Bonchev–Trinajstić information content (AvgIpc) is 3.06.